The molecule has 2 rings (SSSR count). The molecule has 1 fully saturated rings. The third-order valence-corrected chi connectivity index (χ3v) is 4.13. The van der Waals surface area contributed by atoms with Crippen molar-refractivity contribution < 1.29 is 0 Å². The minimum atomic E-state index is 1.01. The first kappa shape index (κ1) is 13.6. The summed E-state index contributed by atoms with van der Waals surface area (Å²) in [5, 5.41) is 3.44. The SMILES string of the molecule is c1ccc(CCCCCCC2CCNCC2)cc1. The van der Waals surface area contributed by atoms with E-state index in [2.05, 4.69) is 35.6 Å². The molecule has 1 nitrogen and oxygen atoms in total. The first-order valence-corrected chi connectivity index (χ1v) is 7.70. The van der Waals surface area contributed by atoms with Gasteiger partial charge in [0, 0.05) is 0 Å². The number of piperidine rings is 1. The van der Waals surface area contributed by atoms with Gasteiger partial charge in [0.1, 0.15) is 0 Å². The number of nitrogens with one attached hydrogen (secondary N) is 1. The van der Waals surface area contributed by atoms with Gasteiger partial charge in [0.2, 0.25) is 0 Å². The van der Waals surface area contributed by atoms with Crippen molar-refractivity contribution in [2.45, 2.75) is 51.4 Å². The lowest BCUT2D eigenvalue weighted by Crippen LogP contribution is -2.27. The van der Waals surface area contributed by atoms with Gasteiger partial charge in [-0.3, -0.25) is 0 Å². The largest absolute Gasteiger partial charge is 0.317 e. The number of hydrogen-bond donors (Lipinski definition) is 1. The van der Waals surface area contributed by atoms with E-state index in [4.69, 9.17) is 0 Å². The van der Waals surface area contributed by atoms with E-state index in [9.17, 15) is 0 Å². The lowest BCUT2D eigenvalue weighted by atomic mass is 9.92. The van der Waals surface area contributed by atoms with Gasteiger partial charge in [0.05, 0.1) is 0 Å². The van der Waals surface area contributed by atoms with Crippen molar-refractivity contribution >= 4 is 0 Å². The predicted octanol–water partition coefficient (Wildman–Crippen LogP) is 4.18. The summed E-state index contributed by atoms with van der Waals surface area (Å²) in [6, 6.07) is 10.9. The van der Waals surface area contributed by atoms with Crippen LogP contribution >= 0.6 is 0 Å². The predicted molar refractivity (Wildman–Crippen MR) is 78.8 cm³/mol. The van der Waals surface area contributed by atoms with E-state index >= 15 is 0 Å². The van der Waals surface area contributed by atoms with E-state index in [-0.39, 0.29) is 0 Å². The Morgan fingerprint density at radius 3 is 2.39 bits per heavy atom. The van der Waals surface area contributed by atoms with E-state index in [1.165, 1.54) is 70.0 Å². The highest BCUT2D eigenvalue weighted by Gasteiger charge is 2.11. The third kappa shape index (κ3) is 5.22. The Balaban J connectivity index is 1.46. The molecule has 1 heteroatoms. The molecule has 18 heavy (non-hydrogen) atoms. The zero-order valence-corrected chi connectivity index (χ0v) is 11.5. The Bertz CT molecular complexity index is 301. The Morgan fingerprint density at radius 2 is 1.61 bits per heavy atom. The first-order valence-electron chi connectivity index (χ1n) is 7.70. The Labute approximate surface area is 112 Å². The molecule has 1 heterocycles. The van der Waals surface area contributed by atoms with E-state index in [1.54, 1.807) is 0 Å². The molecule has 0 radical (unpaired) electrons. The molecule has 0 atom stereocenters. The zero-order valence-electron chi connectivity index (χ0n) is 11.5. The van der Waals surface area contributed by atoms with E-state index < -0.39 is 0 Å². The lowest BCUT2D eigenvalue weighted by Gasteiger charge is -2.22. The summed E-state index contributed by atoms with van der Waals surface area (Å²) in [4.78, 5) is 0. The fraction of sp³-hybridized carbons (Fsp3) is 0.647. The van der Waals surface area contributed by atoms with Crippen LogP contribution in [0.5, 0.6) is 0 Å². The Hall–Kier alpha value is -0.820. The molecule has 0 bridgehead atoms. The Kier molecular flexibility index (Phi) is 6.28. The highest BCUT2D eigenvalue weighted by atomic mass is 14.9. The van der Waals surface area contributed by atoms with Crippen LogP contribution < -0.4 is 5.32 Å². The number of rotatable bonds is 7. The molecular weight excluding hydrogens is 218 g/mol. The fourth-order valence-corrected chi connectivity index (χ4v) is 2.93. The molecule has 1 saturated heterocycles. The summed E-state index contributed by atoms with van der Waals surface area (Å²) in [5.74, 6) is 1.01. The molecule has 0 amide bonds. The average molecular weight is 245 g/mol. The first-order chi connectivity index (χ1) is 8.95. The van der Waals surface area contributed by atoms with Crippen LogP contribution in [0.3, 0.4) is 0 Å². The second kappa shape index (κ2) is 8.31. The van der Waals surface area contributed by atoms with Crippen LogP contribution in [0.25, 0.3) is 0 Å². The van der Waals surface area contributed by atoms with Crippen molar-refractivity contribution in [3.8, 4) is 0 Å². The maximum Gasteiger partial charge on any atom is -0.00463 e. The zero-order chi connectivity index (χ0) is 12.5. The molecule has 1 aromatic carbocycles. The van der Waals surface area contributed by atoms with Gasteiger partial charge < -0.3 is 5.32 Å². The van der Waals surface area contributed by atoms with Crippen molar-refractivity contribution in [1.82, 2.24) is 5.32 Å². The van der Waals surface area contributed by atoms with Gasteiger partial charge >= 0.3 is 0 Å². The number of unbranched alkanes of at least 4 members (excludes halogenated alkanes) is 3. The molecule has 0 spiro atoms. The topological polar surface area (TPSA) is 12.0 Å². The Morgan fingerprint density at radius 1 is 0.889 bits per heavy atom. The van der Waals surface area contributed by atoms with Crippen LogP contribution in [0.4, 0.5) is 0 Å². The van der Waals surface area contributed by atoms with E-state index in [1.807, 2.05) is 0 Å². The number of aryl methyl sites for hydroxylation is 1. The third-order valence-electron chi connectivity index (χ3n) is 4.13. The number of hydrogen-bond acceptors (Lipinski definition) is 1. The highest BCUT2D eigenvalue weighted by molar-refractivity contribution is 5.14. The van der Waals surface area contributed by atoms with E-state index in [0.717, 1.165) is 5.92 Å². The quantitative estimate of drug-likeness (QED) is 0.711. The van der Waals surface area contributed by atoms with Crippen LogP contribution in [0.2, 0.25) is 0 Å². The van der Waals surface area contributed by atoms with Gasteiger partial charge in [0.25, 0.3) is 0 Å². The van der Waals surface area contributed by atoms with Crippen molar-refractivity contribution in [3.05, 3.63) is 35.9 Å². The van der Waals surface area contributed by atoms with Crippen LogP contribution in [-0.4, -0.2) is 13.1 Å². The normalized spacial score (nSPS) is 16.9. The second-order valence-corrected chi connectivity index (χ2v) is 5.63. The molecule has 0 saturated carbocycles. The summed E-state index contributed by atoms with van der Waals surface area (Å²) in [5.41, 5.74) is 1.50. The van der Waals surface area contributed by atoms with Gasteiger partial charge in [-0.05, 0) is 50.3 Å². The van der Waals surface area contributed by atoms with Crippen molar-refractivity contribution in [2.24, 2.45) is 5.92 Å². The number of benzene rings is 1. The van der Waals surface area contributed by atoms with E-state index in [0.29, 0.717) is 0 Å². The summed E-state index contributed by atoms with van der Waals surface area (Å²) in [6.07, 6.45) is 11.2. The van der Waals surface area contributed by atoms with Crippen molar-refractivity contribution in [3.63, 3.8) is 0 Å². The average Bonchev–Trinajstić information content (AvgIpc) is 2.45. The molecule has 0 aromatic heterocycles. The van der Waals surface area contributed by atoms with Crippen molar-refractivity contribution in [2.75, 3.05) is 13.1 Å². The van der Waals surface area contributed by atoms with Gasteiger partial charge in [-0.2, -0.15) is 0 Å². The summed E-state index contributed by atoms with van der Waals surface area (Å²) >= 11 is 0. The molecule has 1 aliphatic heterocycles. The lowest BCUT2D eigenvalue weighted by molar-refractivity contribution is 0.342. The fourth-order valence-electron chi connectivity index (χ4n) is 2.93. The van der Waals surface area contributed by atoms with Crippen LogP contribution in [0.15, 0.2) is 30.3 Å². The van der Waals surface area contributed by atoms with Crippen LogP contribution in [0.1, 0.15) is 50.5 Å². The van der Waals surface area contributed by atoms with Crippen molar-refractivity contribution in [1.29, 1.82) is 0 Å². The molecule has 1 N–H and O–H groups in total. The molecule has 1 aromatic rings. The molecule has 100 valence electrons. The molecule has 0 aliphatic carbocycles. The summed E-state index contributed by atoms with van der Waals surface area (Å²) < 4.78 is 0. The van der Waals surface area contributed by atoms with Crippen LogP contribution in [0, 0.1) is 5.92 Å². The summed E-state index contributed by atoms with van der Waals surface area (Å²) in [7, 11) is 0. The highest BCUT2D eigenvalue weighted by Crippen LogP contribution is 2.19. The van der Waals surface area contributed by atoms with Gasteiger partial charge in [0.15, 0.2) is 0 Å². The minimum absolute atomic E-state index is 1.01. The summed E-state index contributed by atoms with van der Waals surface area (Å²) in [6.45, 7) is 2.50. The molecular formula is C17H27N. The smallest absolute Gasteiger partial charge is 0.00463 e. The van der Waals surface area contributed by atoms with Gasteiger partial charge in [-0.15, -0.1) is 0 Å². The maximum absolute atomic E-state index is 3.44. The van der Waals surface area contributed by atoms with Gasteiger partial charge in [-0.1, -0.05) is 56.0 Å². The molecule has 0 unspecified atom stereocenters. The van der Waals surface area contributed by atoms with Crippen LogP contribution in [-0.2, 0) is 6.42 Å². The monoisotopic (exact) mass is 245 g/mol. The second-order valence-electron chi connectivity index (χ2n) is 5.63. The molecule has 1 aliphatic rings. The maximum atomic E-state index is 3.44. The standard InChI is InChI=1S/C17H27N/c1(4-8-16-9-6-3-7-10-16)2-5-11-17-12-14-18-15-13-17/h3,6-7,9-10,17-18H,1-2,4-5,8,11-15H2. The minimum Gasteiger partial charge on any atom is -0.317 e. The van der Waals surface area contributed by atoms with Gasteiger partial charge in [-0.25, -0.2) is 0 Å².